The second-order valence-corrected chi connectivity index (χ2v) is 21.4. The molecule has 2 aromatic rings. The molecule has 1 aliphatic heterocycles. The van der Waals surface area contributed by atoms with Crippen LogP contribution in [-0.2, 0) is 0 Å². The van der Waals surface area contributed by atoms with E-state index in [9.17, 15) is 0 Å². The highest BCUT2D eigenvalue weighted by Crippen LogP contribution is 2.61. The molecule has 4 heteroatoms. The fourth-order valence-corrected chi connectivity index (χ4v) is 18.5. The van der Waals surface area contributed by atoms with Gasteiger partial charge in [-0.05, 0) is 141 Å². The monoisotopic (exact) mass is 674 g/mol. The van der Waals surface area contributed by atoms with E-state index in [1.54, 1.807) is 21.7 Å². The van der Waals surface area contributed by atoms with Crippen LogP contribution < -0.4 is 20.1 Å². The van der Waals surface area contributed by atoms with Gasteiger partial charge in [-0.15, -0.1) is 0 Å². The second kappa shape index (κ2) is 16.7. The van der Waals surface area contributed by atoms with Crippen molar-refractivity contribution >= 4 is 26.5 Å². The first-order valence-corrected chi connectivity index (χ1v) is 23.3. The topological polar surface area (TPSA) is 18.5 Å². The number of benzene rings is 2. The Kier molecular flexibility index (Phi) is 12.2. The molecule has 0 N–H and O–H groups in total. The first kappa shape index (κ1) is 34.4. The molecule has 5 aliphatic rings. The van der Waals surface area contributed by atoms with Crippen molar-refractivity contribution in [3.63, 3.8) is 0 Å². The van der Waals surface area contributed by atoms with Gasteiger partial charge in [0, 0.05) is 11.1 Å². The molecule has 0 unspecified atom stereocenters. The van der Waals surface area contributed by atoms with Gasteiger partial charge in [0.2, 0.25) is 0 Å². The van der Waals surface area contributed by atoms with Crippen LogP contribution in [0.1, 0.15) is 159 Å². The van der Waals surface area contributed by atoms with Gasteiger partial charge in [0.15, 0.2) is 0 Å². The van der Waals surface area contributed by atoms with Gasteiger partial charge in [-0.3, -0.25) is 0 Å². The summed E-state index contributed by atoms with van der Waals surface area (Å²) in [5.41, 5.74) is 9.57. The van der Waals surface area contributed by atoms with Crippen molar-refractivity contribution in [2.24, 2.45) is 0 Å². The lowest BCUT2D eigenvalue weighted by atomic mass is 9.98. The van der Waals surface area contributed by atoms with Crippen LogP contribution in [0.4, 0.5) is 0 Å². The molecule has 0 spiro atoms. The molecule has 2 aromatic carbocycles. The van der Waals surface area contributed by atoms with Crippen molar-refractivity contribution in [1.29, 1.82) is 0 Å². The molecule has 0 saturated heterocycles. The lowest BCUT2D eigenvalue weighted by molar-refractivity contribution is 0.284. The number of rotatable bonds is 6. The van der Waals surface area contributed by atoms with E-state index in [0.29, 0.717) is 0 Å². The van der Waals surface area contributed by atoms with Gasteiger partial charge in [0.1, 0.15) is 11.5 Å². The van der Waals surface area contributed by atoms with Gasteiger partial charge < -0.3 is 9.47 Å². The summed E-state index contributed by atoms with van der Waals surface area (Å²) in [6, 6.07) is 9.72. The number of ether oxygens (including phenoxy) is 2. The number of hydrogen-bond donors (Lipinski definition) is 0. The second-order valence-electron chi connectivity index (χ2n) is 15.9. The van der Waals surface area contributed by atoms with Gasteiger partial charge in [-0.1, -0.05) is 105 Å². The SMILES string of the molecule is Cc1ccc2c(c1P(C1CCCCC1)C1CCCCC1)-c1c(ccc(C)c1P(C1CCCCC1)C1CCCCC1)OCCCCCO2. The first-order valence-electron chi connectivity index (χ1n) is 20.3. The predicted octanol–water partition coefficient (Wildman–Crippen LogP) is 12.5. The third-order valence-electron chi connectivity index (χ3n) is 12.6. The zero-order chi connectivity index (χ0) is 32.0. The number of hydrogen-bond acceptors (Lipinski definition) is 2. The molecule has 2 nitrogen and oxygen atoms in total. The van der Waals surface area contributed by atoms with E-state index < -0.39 is 0 Å². The zero-order valence-corrected chi connectivity index (χ0v) is 31.8. The smallest absolute Gasteiger partial charge is 0.127 e. The largest absolute Gasteiger partial charge is 0.493 e. The van der Waals surface area contributed by atoms with Gasteiger partial charge in [-0.2, -0.15) is 0 Å². The number of aryl methyl sites for hydroxylation is 2. The Morgan fingerprint density at radius 3 is 1.02 bits per heavy atom. The molecule has 0 radical (unpaired) electrons. The highest BCUT2D eigenvalue weighted by Gasteiger charge is 2.40. The summed E-state index contributed by atoms with van der Waals surface area (Å²) < 4.78 is 14.0. The summed E-state index contributed by atoms with van der Waals surface area (Å²) >= 11 is 0. The van der Waals surface area contributed by atoms with E-state index >= 15 is 0 Å². The van der Waals surface area contributed by atoms with Gasteiger partial charge in [0.25, 0.3) is 0 Å². The standard InChI is InChI=1S/C43H64O2P2/c1-32-26-28-38-40(42(32)46(34-18-8-3-9-19-34)35-20-10-4-11-21-35)41-39(45-31-17-7-16-30-44-38)29-27-33(2)43(41)47(36-22-12-5-13-23-36)37-24-14-6-15-25-37/h26-29,34-37H,3-25,30-31H2,1-2H3. The fraction of sp³-hybridized carbons (Fsp3) is 0.721. The third-order valence-corrected chi connectivity index (χ3v) is 20.0. The van der Waals surface area contributed by atoms with Crippen LogP contribution in [0.5, 0.6) is 11.5 Å². The van der Waals surface area contributed by atoms with Gasteiger partial charge in [-0.25, -0.2) is 0 Å². The Morgan fingerprint density at radius 1 is 0.404 bits per heavy atom. The Balaban J connectivity index is 1.49. The quantitative estimate of drug-likeness (QED) is 0.284. The minimum absolute atomic E-state index is 0.293. The van der Waals surface area contributed by atoms with Gasteiger partial charge >= 0.3 is 0 Å². The summed E-state index contributed by atoms with van der Waals surface area (Å²) in [4.78, 5) is 0. The Hall–Kier alpha value is -1.10. The van der Waals surface area contributed by atoms with Crippen LogP contribution in [0.3, 0.4) is 0 Å². The lowest BCUT2D eigenvalue weighted by Gasteiger charge is -2.42. The van der Waals surface area contributed by atoms with E-state index in [0.717, 1.165) is 48.7 Å². The van der Waals surface area contributed by atoms with Crippen molar-refractivity contribution in [1.82, 2.24) is 0 Å². The van der Waals surface area contributed by atoms with Crippen molar-refractivity contribution in [2.45, 2.75) is 184 Å². The first-order chi connectivity index (χ1) is 23.2. The van der Waals surface area contributed by atoms with E-state index in [1.807, 2.05) is 0 Å². The van der Waals surface area contributed by atoms with Crippen LogP contribution in [0.2, 0.25) is 0 Å². The van der Waals surface area contributed by atoms with Crippen LogP contribution in [0.15, 0.2) is 24.3 Å². The zero-order valence-electron chi connectivity index (χ0n) is 30.0. The molecule has 0 bridgehead atoms. The summed E-state index contributed by atoms with van der Waals surface area (Å²) in [6.45, 7) is 6.61. The summed E-state index contributed by atoms with van der Waals surface area (Å²) in [5.74, 6) is 2.37. The van der Waals surface area contributed by atoms with Crippen LogP contribution in [0, 0.1) is 13.8 Å². The van der Waals surface area contributed by atoms with Gasteiger partial charge in [0.05, 0.1) is 13.2 Å². The molecule has 4 saturated carbocycles. The molecule has 4 aliphatic carbocycles. The molecule has 1 heterocycles. The lowest BCUT2D eigenvalue weighted by Crippen LogP contribution is -2.31. The van der Waals surface area contributed by atoms with Crippen molar-refractivity contribution < 1.29 is 9.47 Å². The Labute approximate surface area is 290 Å². The summed E-state index contributed by atoms with van der Waals surface area (Å²) in [7, 11) is -0.586. The minimum Gasteiger partial charge on any atom is -0.493 e. The molecule has 4 fully saturated rings. The Bertz CT molecular complexity index is 1160. The van der Waals surface area contributed by atoms with E-state index in [4.69, 9.17) is 9.47 Å². The maximum absolute atomic E-state index is 7.02. The maximum atomic E-state index is 7.02. The van der Waals surface area contributed by atoms with Crippen molar-refractivity contribution in [3.05, 3.63) is 35.4 Å². The fourth-order valence-electron chi connectivity index (χ4n) is 10.3. The van der Waals surface area contributed by atoms with E-state index in [1.165, 1.54) is 157 Å². The van der Waals surface area contributed by atoms with Crippen molar-refractivity contribution in [3.8, 4) is 22.6 Å². The third kappa shape index (κ3) is 7.80. The Morgan fingerprint density at radius 2 is 0.702 bits per heavy atom. The maximum Gasteiger partial charge on any atom is 0.127 e. The molecule has 47 heavy (non-hydrogen) atoms. The molecular weight excluding hydrogens is 610 g/mol. The highest BCUT2D eigenvalue weighted by molar-refractivity contribution is 7.68. The summed E-state index contributed by atoms with van der Waals surface area (Å²) in [6.07, 6.45) is 32.1. The molecule has 7 rings (SSSR count). The minimum atomic E-state index is -0.293. The van der Waals surface area contributed by atoms with E-state index in [-0.39, 0.29) is 15.8 Å². The van der Waals surface area contributed by atoms with Crippen LogP contribution in [0.25, 0.3) is 11.1 Å². The molecular formula is C43H64O2P2. The molecule has 258 valence electrons. The molecule has 0 atom stereocenters. The highest BCUT2D eigenvalue weighted by atomic mass is 31.1. The average Bonchev–Trinajstić information content (AvgIpc) is 3.16. The van der Waals surface area contributed by atoms with Crippen molar-refractivity contribution in [2.75, 3.05) is 13.2 Å². The van der Waals surface area contributed by atoms with Crippen LogP contribution >= 0.6 is 15.8 Å². The predicted molar refractivity (Wildman–Crippen MR) is 207 cm³/mol. The normalized spacial score (nSPS) is 23.1. The average molecular weight is 675 g/mol. The molecule has 0 aromatic heterocycles. The summed E-state index contributed by atoms with van der Waals surface area (Å²) in [5, 5.41) is 3.49. The number of fused-ring (bicyclic) bond motifs is 3. The van der Waals surface area contributed by atoms with Crippen LogP contribution in [-0.4, -0.2) is 35.8 Å². The van der Waals surface area contributed by atoms with E-state index in [2.05, 4.69) is 38.1 Å². The molecule has 0 amide bonds.